The van der Waals surface area contributed by atoms with E-state index in [1.165, 1.54) is 0 Å². The van der Waals surface area contributed by atoms with Gasteiger partial charge in [-0.2, -0.15) is 0 Å². The van der Waals surface area contributed by atoms with E-state index in [1.54, 1.807) is 18.5 Å². The molecule has 1 aliphatic heterocycles. The predicted molar refractivity (Wildman–Crippen MR) is 108 cm³/mol. The van der Waals surface area contributed by atoms with E-state index >= 15 is 0 Å². The van der Waals surface area contributed by atoms with Crippen LogP contribution in [0.25, 0.3) is 17.0 Å². The number of aromatic nitrogens is 2. The molecule has 0 fully saturated rings. The summed E-state index contributed by atoms with van der Waals surface area (Å²) < 4.78 is 0. The van der Waals surface area contributed by atoms with Gasteiger partial charge >= 0.3 is 0 Å². The summed E-state index contributed by atoms with van der Waals surface area (Å²) in [6.45, 7) is 5.71. The van der Waals surface area contributed by atoms with Crippen molar-refractivity contribution in [1.29, 1.82) is 5.41 Å². The Labute approximate surface area is 159 Å². The van der Waals surface area contributed by atoms with Gasteiger partial charge in [0, 0.05) is 41.6 Å². The third-order valence-corrected chi connectivity index (χ3v) is 4.77. The molecule has 1 aliphatic rings. The normalized spacial score (nSPS) is 16.1. The number of nitrogens with zero attached hydrogens (tertiary/aromatic N) is 3. The standard InChI is InChI=1S/C21H23ClN4/c1-3-5-7-15-12-17(14-26(4-2)20(15)23)18-9-8-16(13-19(18)22)21-24-10-6-11-25-21/h6-13,23H,3-5,14H2,1-2H3. The Kier molecular flexibility index (Phi) is 5.84. The first kappa shape index (κ1) is 18.3. The van der Waals surface area contributed by atoms with E-state index < -0.39 is 0 Å². The molecule has 0 bridgehead atoms. The first-order chi connectivity index (χ1) is 12.6. The average molecular weight is 367 g/mol. The number of hydrogen-bond acceptors (Lipinski definition) is 3. The van der Waals surface area contributed by atoms with Gasteiger partial charge in [0.25, 0.3) is 0 Å². The summed E-state index contributed by atoms with van der Waals surface area (Å²) in [5.74, 6) is 1.26. The number of benzene rings is 1. The minimum Gasteiger partial charge on any atom is -0.353 e. The van der Waals surface area contributed by atoms with E-state index in [1.807, 2.05) is 18.2 Å². The first-order valence-corrected chi connectivity index (χ1v) is 9.33. The zero-order chi connectivity index (χ0) is 18.5. The van der Waals surface area contributed by atoms with Crippen molar-refractivity contribution >= 4 is 23.0 Å². The summed E-state index contributed by atoms with van der Waals surface area (Å²) >= 11 is 6.60. The molecule has 1 aromatic heterocycles. The number of allylic oxidation sites excluding steroid dienone is 1. The van der Waals surface area contributed by atoms with E-state index in [9.17, 15) is 0 Å². The number of halogens is 1. The molecule has 0 atom stereocenters. The molecule has 0 radical (unpaired) electrons. The van der Waals surface area contributed by atoms with Gasteiger partial charge in [-0.15, -0.1) is 0 Å². The highest BCUT2D eigenvalue weighted by molar-refractivity contribution is 6.32. The summed E-state index contributed by atoms with van der Waals surface area (Å²) in [5, 5.41) is 9.08. The molecule has 0 spiro atoms. The lowest BCUT2D eigenvalue weighted by Crippen LogP contribution is -2.35. The van der Waals surface area contributed by atoms with Crippen LogP contribution in [0.15, 0.2) is 54.4 Å². The lowest BCUT2D eigenvalue weighted by atomic mass is 9.96. The number of unbranched alkanes of at least 4 members (excludes halogenated alkanes) is 1. The van der Waals surface area contributed by atoms with E-state index in [0.717, 1.165) is 41.7 Å². The van der Waals surface area contributed by atoms with Gasteiger partial charge < -0.3 is 4.90 Å². The lowest BCUT2D eigenvalue weighted by Gasteiger charge is -2.30. The number of amidine groups is 1. The number of rotatable bonds is 5. The summed E-state index contributed by atoms with van der Waals surface area (Å²) in [6, 6.07) is 7.74. The first-order valence-electron chi connectivity index (χ1n) is 8.96. The highest BCUT2D eigenvalue weighted by atomic mass is 35.5. The van der Waals surface area contributed by atoms with Gasteiger partial charge in [-0.05, 0) is 42.7 Å². The molecule has 0 saturated heterocycles. The van der Waals surface area contributed by atoms with Crippen molar-refractivity contribution < 1.29 is 0 Å². The molecule has 134 valence electrons. The molecule has 2 heterocycles. The maximum Gasteiger partial charge on any atom is 0.159 e. The second kappa shape index (κ2) is 8.28. The van der Waals surface area contributed by atoms with Gasteiger partial charge in [-0.1, -0.05) is 43.2 Å². The maximum atomic E-state index is 8.40. The van der Waals surface area contributed by atoms with E-state index in [2.05, 4.69) is 40.9 Å². The van der Waals surface area contributed by atoms with Crippen molar-refractivity contribution in [2.45, 2.75) is 26.7 Å². The van der Waals surface area contributed by atoms with Crippen LogP contribution in [0.2, 0.25) is 5.02 Å². The second-order valence-corrected chi connectivity index (χ2v) is 6.65. The van der Waals surface area contributed by atoms with Crippen molar-refractivity contribution in [3.05, 3.63) is 65.0 Å². The van der Waals surface area contributed by atoms with Crippen LogP contribution in [0.3, 0.4) is 0 Å². The Balaban J connectivity index is 1.98. The quantitative estimate of drug-likeness (QED) is 0.789. The number of likely N-dealkylation sites (N-methyl/N-ethyl adjacent to an activating group) is 1. The lowest BCUT2D eigenvalue weighted by molar-refractivity contribution is 0.487. The van der Waals surface area contributed by atoms with Gasteiger partial charge in [0.05, 0.1) is 0 Å². The van der Waals surface area contributed by atoms with Gasteiger partial charge in [-0.25, -0.2) is 9.97 Å². The van der Waals surface area contributed by atoms with Gasteiger partial charge in [0.1, 0.15) is 5.84 Å². The topological polar surface area (TPSA) is 52.9 Å². The predicted octanol–water partition coefficient (Wildman–Crippen LogP) is 5.22. The fourth-order valence-corrected chi connectivity index (χ4v) is 3.32. The Hall–Kier alpha value is -2.46. The van der Waals surface area contributed by atoms with Crippen LogP contribution in [0.4, 0.5) is 0 Å². The molecule has 2 aromatic rings. The van der Waals surface area contributed by atoms with Crippen LogP contribution >= 0.6 is 11.6 Å². The highest BCUT2D eigenvalue weighted by Crippen LogP contribution is 2.32. The Morgan fingerprint density at radius 1 is 1.23 bits per heavy atom. The largest absolute Gasteiger partial charge is 0.353 e. The minimum atomic E-state index is 0.593. The van der Waals surface area contributed by atoms with E-state index in [-0.39, 0.29) is 0 Å². The molecule has 0 aliphatic carbocycles. The minimum absolute atomic E-state index is 0.593. The molecule has 5 heteroatoms. The summed E-state index contributed by atoms with van der Waals surface area (Å²) in [6.07, 6.45) is 9.73. The zero-order valence-electron chi connectivity index (χ0n) is 15.2. The van der Waals surface area contributed by atoms with Crippen molar-refractivity contribution in [3.8, 4) is 11.4 Å². The fraction of sp³-hybridized carbons (Fsp3) is 0.286. The van der Waals surface area contributed by atoms with Crippen LogP contribution in [0, 0.1) is 5.41 Å². The van der Waals surface area contributed by atoms with Crippen LogP contribution in [-0.2, 0) is 0 Å². The van der Waals surface area contributed by atoms with Crippen molar-refractivity contribution in [2.24, 2.45) is 0 Å². The third kappa shape index (κ3) is 3.86. The SMILES string of the molecule is CCCC=C1C=C(c2ccc(-c3ncccn3)cc2Cl)CN(CC)C1=N. The monoisotopic (exact) mass is 366 g/mol. The molecule has 1 aromatic carbocycles. The fourth-order valence-electron chi connectivity index (χ4n) is 3.02. The summed E-state index contributed by atoms with van der Waals surface area (Å²) in [4.78, 5) is 10.6. The van der Waals surface area contributed by atoms with Crippen LogP contribution in [-0.4, -0.2) is 33.8 Å². The second-order valence-electron chi connectivity index (χ2n) is 6.25. The van der Waals surface area contributed by atoms with Crippen molar-refractivity contribution in [3.63, 3.8) is 0 Å². The van der Waals surface area contributed by atoms with Crippen LogP contribution < -0.4 is 0 Å². The zero-order valence-corrected chi connectivity index (χ0v) is 15.9. The molecule has 0 saturated carbocycles. The molecule has 26 heavy (non-hydrogen) atoms. The number of hydrogen-bond donors (Lipinski definition) is 1. The molecule has 3 rings (SSSR count). The summed E-state index contributed by atoms with van der Waals surface area (Å²) in [5.41, 5.74) is 4.01. The number of nitrogens with one attached hydrogen (secondary N) is 1. The van der Waals surface area contributed by atoms with Gasteiger partial charge in [0.15, 0.2) is 5.82 Å². The Bertz CT molecular complexity index is 856. The van der Waals surface area contributed by atoms with E-state index in [4.69, 9.17) is 17.0 Å². The van der Waals surface area contributed by atoms with Crippen LogP contribution in [0.5, 0.6) is 0 Å². The Morgan fingerprint density at radius 2 is 2.00 bits per heavy atom. The molecular weight excluding hydrogens is 344 g/mol. The van der Waals surface area contributed by atoms with Gasteiger partial charge in [-0.3, -0.25) is 5.41 Å². The van der Waals surface area contributed by atoms with Gasteiger partial charge in [0.2, 0.25) is 0 Å². The molecule has 1 N–H and O–H groups in total. The van der Waals surface area contributed by atoms with E-state index in [0.29, 0.717) is 23.2 Å². The van der Waals surface area contributed by atoms with Crippen LogP contribution in [0.1, 0.15) is 32.3 Å². The third-order valence-electron chi connectivity index (χ3n) is 4.45. The molecule has 4 nitrogen and oxygen atoms in total. The molecule has 0 amide bonds. The molecular formula is C21H23ClN4. The average Bonchev–Trinajstić information content (AvgIpc) is 2.68. The summed E-state index contributed by atoms with van der Waals surface area (Å²) in [7, 11) is 0. The highest BCUT2D eigenvalue weighted by Gasteiger charge is 2.21. The van der Waals surface area contributed by atoms with Crippen molar-refractivity contribution in [2.75, 3.05) is 13.1 Å². The Morgan fingerprint density at radius 3 is 2.65 bits per heavy atom. The van der Waals surface area contributed by atoms with Crippen molar-refractivity contribution in [1.82, 2.24) is 14.9 Å². The maximum absolute atomic E-state index is 8.40. The smallest absolute Gasteiger partial charge is 0.159 e. The molecule has 0 unspecified atom stereocenters.